The van der Waals surface area contributed by atoms with Gasteiger partial charge in [0.15, 0.2) is 30.4 Å². The van der Waals surface area contributed by atoms with Crippen molar-refractivity contribution >= 4 is 30.4 Å². The Labute approximate surface area is 150 Å². The van der Waals surface area contributed by atoms with Gasteiger partial charge < -0.3 is 67.6 Å². The largest absolute Gasteiger partial charge is 0.776 e. The number of aliphatic hydroxyl groups is 2. The Morgan fingerprint density at radius 3 is 1.52 bits per heavy atom. The average molecular weight is 473 g/mol. The molecule has 0 saturated heterocycles. The Kier molecular flexibility index (Phi) is 6.61. The van der Waals surface area contributed by atoms with Gasteiger partial charge in [-0.3, -0.25) is 0 Å². The van der Waals surface area contributed by atoms with Crippen molar-refractivity contribution in [2.24, 2.45) is 0 Å². The van der Waals surface area contributed by atoms with Gasteiger partial charge in [0.2, 0.25) is 16.5 Å². The molecule has 158 valence electrons. The molecule has 0 aromatic carbocycles. The lowest BCUT2D eigenvalue weighted by Gasteiger charge is -2.40. The minimum atomic E-state index is -6.13. The van der Waals surface area contributed by atoms with Crippen molar-refractivity contribution < 1.29 is 72.2 Å². The van der Waals surface area contributed by atoms with E-state index in [1.807, 2.05) is 0 Å². The molecule has 20 heteroatoms. The highest BCUT2D eigenvalue weighted by atomic mass is 31.2. The lowest BCUT2D eigenvalue weighted by molar-refractivity contribution is -0.703. The molecule has 0 amide bonds. The number of hydrogen-bond acceptors (Lipinski definition) is 10. The first kappa shape index (κ1) is 24.8. The molecule has 0 fully saturated rings. The van der Waals surface area contributed by atoms with Gasteiger partial charge in [-0.15, -0.1) is 0 Å². The predicted octanol–water partition coefficient (Wildman–Crippen LogP) is -5.75. The Balaban J connectivity index is 3.29. The molecular formula is C7H13N2O14P4-3. The summed E-state index contributed by atoms with van der Waals surface area (Å²) in [6, 6.07) is 0. The predicted molar refractivity (Wildman–Crippen MR) is 73.8 cm³/mol. The van der Waals surface area contributed by atoms with Crippen LogP contribution in [0.2, 0.25) is 0 Å². The van der Waals surface area contributed by atoms with Crippen LogP contribution in [0.3, 0.4) is 0 Å². The van der Waals surface area contributed by atoms with Crippen molar-refractivity contribution in [2.45, 2.75) is 23.3 Å². The van der Waals surface area contributed by atoms with E-state index in [-0.39, 0.29) is 0 Å². The van der Waals surface area contributed by atoms with Crippen LogP contribution in [0.4, 0.5) is 0 Å². The van der Waals surface area contributed by atoms with Gasteiger partial charge in [-0.2, -0.15) is 0 Å². The summed E-state index contributed by atoms with van der Waals surface area (Å²) in [5.74, 6) is 0. The fourth-order valence-electron chi connectivity index (χ4n) is 1.79. The second-order valence-electron chi connectivity index (χ2n) is 5.39. The molecule has 0 aliphatic carbocycles. The van der Waals surface area contributed by atoms with Crippen molar-refractivity contribution in [1.29, 1.82) is 0 Å². The molecule has 0 aliphatic rings. The summed E-state index contributed by atoms with van der Waals surface area (Å²) >= 11 is 0. The summed E-state index contributed by atoms with van der Waals surface area (Å²) in [6.07, 6.45) is 1.93. The van der Waals surface area contributed by atoms with Crippen molar-refractivity contribution in [2.75, 3.05) is 0 Å². The molecule has 4 atom stereocenters. The molecule has 27 heavy (non-hydrogen) atoms. The van der Waals surface area contributed by atoms with Crippen LogP contribution in [0.5, 0.6) is 0 Å². The maximum Gasteiger partial charge on any atom is 0.244 e. The summed E-state index contributed by atoms with van der Waals surface area (Å²) in [7, 11) is -24.5. The fourth-order valence-corrected chi connectivity index (χ4v) is 5.72. The molecule has 16 nitrogen and oxygen atoms in total. The highest BCUT2D eigenvalue weighted by Crippen LogP contribution is 2.64. The van der Waals surface area contributed by atoms with Crippen LogP contribution < -0.4 is 24.1 Å². The van der Waals surface area contributed by atoms with Gasteiger partial charge in [0.05, 0.1) is 0 Å². The van der Waals surface area contributed by atoms with E-state index >= 15 is 0 Å². The van der Waals surface area contributed by atoms with E-state index in [0.29, 0.717) is 27.9 Å². The summed E-state index contributed by atoms with van der Waals surface area (Å²) in [4.78, 5) is 80.0. The van der Waals surface area contributed by atoms with Crippen LogP contribution in [0.15, 0.2) is 18.7 Å². The molecule has 1 rings (SSSR count). The van der Waals surface area contributed by atoms with E-state index in [1.165, 1.54) is 0 Å². The highest BCUT2D eigenvalue weighted by molar-refractivity contribution is 7.71. The zero-order valence-electron chi connectivity index (χ0n) is 12.8. The molecule has 6 N–H and O–H groups in total. The number of nitrogens with zero attached hydrogens (tertiary/aromatic N) is 2. The van der Waals surface area contributed by atoms with Crippen LogP contribution in [0.25, 0.3) is 0 Å². The van der Waals surface area contributed by atoms with Crippen molar-refractivity contribution in [1.82, 2.24) is 4.57 Å². The van der Waals surface area contributed by atoms with E-state index in [0.717, 1.165) is 0 Å². The van der Waals surface area contributed by atoms with Gasteiger partial charge in [0.25, 0.3) is 0 Å². The second kappa shape index (κ2) is 7.21. The molecule has 4 unspecified atom stereocenters. The first-order valence-corrected chi connectivity index (χ1v) is 12.6. The standard InChI is InChI=1S/C7H16N2O14P4/c10-6(24(12,13)14,25(15,16)17)3-8-1-2-9(5-8)4-7(11,26(18,19)20)27(21,22)23/h1-2,5,10-11H,3-4H2,(H7-,12,13,14,15,16,17,18,19,20,21,22,23)/p-3. The molecule has 1 aromatic heterocycles. The van der Waals surface area contributed by atoms with Crippen LogP contribution in [-0.2, 0) is 31.3 Å². The van der Waals surface area contributed by atoms with E-state index in [9.17, 15) is 48.0 Å². The first-order chi connectivity index (χ1) is 11.7. The Hall–Kier alpha value is -0.270. The van der Waals surface area contributed by atoms with Gasteiger partial charge in [-0.1, -0.05) is 0 Å². The SMILES string of the molecule is O=P([O-])(O)C(O)(Cn1cc[n+](CC(O)(P(=O)([O-])O)P(=O)([O-])O)c1)P(=O)([O-])O. The van der Waals surface area contributed by atoms with Gasteiger partial charge in [0.1, 0.15) is 25.5 Å². The van der Waals surface area contributed by atoms with Crippen LogP contribution >= 0.6 is 30.4 Å². The number of imidazole rings is 1. The molecule has 0 saturated carbocycles. The van der Waals surface area contributed by atoms with Gasteiger partial charge in [-0.05, 0) is 0 Å². The average Bonchev–Trinajstić information content (AvgIpc) is 2.80. The molecule has 1 heterocycles. The lowest BCUT2D eigenvalue weighted by atomic mass is 10.6. The minimum absolute atomic E-state index is 0.433. The number of hydrogen-bond donors (Lipinski definition) is 6. The maximum absolute atomic E-state index is 11.1. The summed E-state index contributed by atoms with van der Waals surface area (Å²) in [5, 5.41) is 11.1. The second-order valence-corrected chi connectivity index (χ2v) is 13.2. The van der Waals surface area contributed by atoms with Crippen molar-refractivity contribution in [3.05, 3.63) is 18.7 Å². The van der Waals surface area contributed by atoms with Crippen LogP contribution in [-0.4, -0.2) is 44.5 Å². The third kappa shape index (κ3) is 4.84. The Morgan fingerprint density at radius 1 is 0.815 bits per heavy atom. The van der Waals surface area contributed by atoms with Crippen molar-refractivity contribution in [3.63, 3.8) is 0 Å². The summed E-state index contributed by atoms with van der Waals surface area (Å²) < 4.78 is 45.4. The van der Waals surface area contributed by atoms with Gasteiger partial charge in [0, 0.05) is 0 Å². The maximum atomic E-state index is 11.1. The Morgan fingerprint density at radius 2 is 1.19 bits per heavy atom. The Bertz CT molecular complexity index is 771. The number of aromatic nitrogens is 2. The smallest absolute Gasteiger partial charge is 0.244 e. The lowest BCUT2D eigenvalue weighted by Crippen LogP contribution is -2.50. The molecule has 1 aromatic rings. The quantitative estimate of drug-likeness (QED) is 0.151. The fraction of sp³-hybridized carbons (Fsp3) is 0.571. The molecule has 0 bridgehead atoms. The monoisotopic (exact) mass is 473 g/mol. The third-order valence-corrected chi connectivity index (χ3v) is 10.6. The molecule has 0 spiro atoms. The van der Waals surface area contributed by atoms with Crippen LogP contribution in [0, 0.1) is 0 Å². The van der Waals surface area contributed by atoms with Crippen molar-refractivity contribution in [3.8, 4) is 0 Å². The normalized spacial score (nSPS) is 25.9. The van der Waals surface area contributed by atoms with E-state index < -0.39 is 53.6 Å². The molecule has 0 aliphatic heterocycles. The van der Waals surface area contributed by atoms with Crippen LogP contribution in [0.1, 0.15) is 0 Å². The third-order valence-electron chi connectivity index (χ3n) is 3.35. The van der Waals surface area contributed by atoms with Gasteiger partial charge >= 0.3 is 0 Å². The topological polar surface area (TPSA) is 291 Å². The molecular weight excluding hydrogens is 460 g/mol. The summed E-state index contributed by atoms with van der Waals surface area (Å²) in [6.45, 7) is -3.12. The van der Waals surface area contributed by atoms with E-state index in [4.69, 9.17) is 19.6 Å². The zero-order valence-corrected chi connectivity index (χ0v) is 16.4. The highest BCUT2D eigenvalue weighted by Gasteiger charge is 2.51. The van der Waals surface area contributed by atoms with E-state index in [1.54, 1.807) is 0 Å². The van der Waals surface area contributed by atoms with E-state index in [2.05, 4.69) is 0 Å². The first-order valence-electron chi connectivity index (χ1n) is 6.31. The minimum Gasteiger partial charge on any atom is -0.776 e. The summed E-state index contributed by atoms with van der Waals surface area (Å²) in [5.41, 5.74) is 0. The zero-order chi connectivity index (χ0) is 21.7. The molecule has 0 radical (unpaired) electrons. The van der Waals surface area contributed by atoms with Gasteiger partial charge in [-0.25, -0.2) is 9.13 Å². The number of rotatable bonds is 8.